The Morgan fingerprint density at radius 2 is 1.77 bits per heavy atom. The van der Waals surface area contributed by atoms with Gasteiger partial charge in [0.1, 0.15) is 12.0 Å². The van der Waals surface area contributed by atoms with Gasteiger partial charge in [-0.1, -0.05) is 19.9 Å². The predicted octanol–water partition coefficient (Wildman–Crippen LogP) is 3.08. The topological polar surface area (TPSA) is 50.5 Å². The smallest absolute Gasteiger partial charge is 0.281 e. The average Bonchev–Trinajstić information content (AvgIpc) is 2.75. The number of unbranched alkanes of at least 4 members (excludes halogenated alkanes) is 1. The Morgan fingerprint density at radius 1 is 1.10 bits per heavy atom. The van der Waals surface area contributed by atoms with Gasteiger partial charge in [0.15, 0.2) is 11.2 Å². The Hall–Kier alpha value is -2.47. The molecule has 6 nitrogen and oxygen atoms in total. The number of aromatic nitrogens is 2. The largest absolute Gasteiger partial charge is 0.322 e. The average molecular weight is 411 g/mol. The van der Waals surface area contributed by atoms with Gasteiger partial charge in [-0.3, -0.25) is 9.36 Å². The molecule has 0 spiro atoms. The highest BCUT2D eigenvalue weighted by atomic mass is 16.1. The highest BCUT2D eigenvalue weighted by molar-refractivity contribution is 5.77. The van der Waals surface area contributed by atoms with Crippen LogP contribution in [0.5, 0.6) is 0 Å². The minimum Gasteiger partial charge on any atom is -0.322 e. The zero-order chi connectivity index (χ0) is 22.1. The molecule has 1 aliphatic heterocycles. The van der Waals surface area contributed by atoms with E-state index in [0.717, 1.165) is 61.4 Å². The third-order valence-electron chi connectivity index (χ3n) is 6.81. The molecule has 1 aromatic carbocycles. The molecule has 0 unspecified atom stereocenters. The van der Waals surface area contributed by atoms with Crippen LogP contribution in [0, 0.1) is 6.92 Å². The number of rotatable bonds is 8. The van der Waals surface area contributed by atoms with Crippen LogP contribution >= 0.6 is 0 Å². The summed E-state index contributed by atoms with van der Waals surface area (Å²) in [4.78, 5) is 24.5. The fraction of sp³-hybridized carbons (Fsp3) is 0.542. The van der Waals surface area contributed by atoms with Crippen molar-refractivity contribution in [3.05, 3.63) is 44.5 Å². The summed E-state index contributed by atoms with van der Waals surface area (Å²) in [6.07, 6.45) is 2.09. The number of fused-ring (bicyclic) bond motifs is 2. The van der Waals surface area contributed by atoms with Gasteiger partial charge in [-0.05, 0) is 51.8 Å². The molecule has 0 radical (unpaired) electrons. The van der Waals surface area contributed by atoms with Crippen molar-refractivity contribution in [2.45, 2.75) is 54.0 Å². The van der Waals surface area contributed by atoms with E-state index in [1.54, 1.807) is 7.05 Å². The number of quaternary nitrogens is 1. The van der Waals surface area contributed by atoms with Crippen LogP contribution in [-0.2, 0) is 13.6 Å². The lowest BCUT2D eigenvalue weighted by molar-refractivity contribution is -0.936. The maximum Gasteiger partial charge on any atom is 0.281 e. The fourth-order valence-electron chi connectivity index (χ4n) is 4.25. The van der Waals surface area contributed by atoms with Gasteiger partial charge in [0.25, 0.3) is 5.56 Å². The molecular formula is C24H36N5O+. The van der Waals surface area contributed by atoms with Crippen molar-refractivity contribution in [2.24, 2.45) is 12.0 Å². The highest BCUT2D eigenvalue weighted by Gasteiger charge is 2.27. The van der Waals surface area contributed by atoms with Crippen molar-refractivity contribution < 1.29 is 4.48 Å². The maximum absolute atomic E-state index is 12.9. The summed E-state index contributed by atoms with van der Waals surface area (Å²) in [5.41, 5.74) is 4.81. The van der Waals surface area contributed by atoms with Crippen LogP contribution in [0.25, 0.3) is 6.58 Å². The third kappa shape index (κ3) is 3.81. The SMILES string of the molecule is C=c1nc2c(c(=O)n1C)=Nc1cc(C)c(C[N+](CC)(CC)CC)cc1N2CCCC. The third-order valence-corrected chi connectivity index (χ3v) is 6.81. The first-order valence-electron chi connectivity index (χ1n) is 11.2. The Balaban J connectivity index is 2.22. The predicted molar refractivity (Wildman–Crippen MR) is 124 cm³/mol. The molecule has 0 amide bonds. The van der Waals surface area contributed by atoms with Crippen LogP contribution in [-0.4, -0.2) is 40.2 Å². The summed E-state index contributed by atoms with van der Waals surface area (Å²) in [5, 5.41) is 0.418. The Morgan fingerprint density at radius 3 is 2.37 bits per heavy atom. The molecule has 30 heavy (non-hydrogen) atoms. The Kier molecular flexibility index (Phi) is 6.46. The summed E-state index contributed by atoms with van der Waals surface area (Å²) in [6.45, 7) is 20.2. The van der Waals surface area contributed by atoms with Crippen LogP contribution in [0.15, 0.2) is 21.9 Å². The van der Waals surface area contributed by atoms with E-state index in [1.807, 2.05) is 0 Å². The van der Waals surface area contributed by atoms with Crippen LogP contribution in [0.1, 0.15) is 51.7 Å². The molecule has 1 aliphatic rings. The van der Waals surface area contributed by atoms with Crippen molar-refractivity contribution in [1.29, 1.82) is 0 Å². The molecule has 0 saturated carbocycles. The lowest BCUT2D eigenvalue weighted by Gasteiger charge is -2.37. The molecule has 0 fully saturated rings. The fourth-order valence-corrected chi connectivity index (χ4v) is 4.25. The lowest BCUT2D eigenvalue weighted by Crippen LogP contribution is -2.47. The van der Waals surface area contributed by atoms with Gasteiger partial charge in [-0.2, -0.15) is 0 Å². The minimum absolute atomic E-state index is 0.141. The number of benzene rings is 1. The van der Waals surface area contributed by atoms with Crippen molar-refractivity contribution in [3.63, 3.8) is 0 Å². The molecule has 2 heterocycles. The number of nitrogens with zero attached hydrogens (tertiary/aromatic N) is 5. The van der Waals surface area contributed by atoms with Gasteiger partial charge in [-0.15, -0.1) is 0 Å². The standard InChI is InChI=1S/C24H36N5O/c1-8-12-13-28-21-15-19(16-29(9-2,10-3)11-4)17(5)14-20(21)26-22-23(28)25-18(6)27(7)24(22)30/h14-15H,6,8-13,16H2,1-5,7H3/q+1. The molecular weight excluding hydrogens is 374 g/mol. The van der Waals surface area contributed by atoms with E-state index < -0.39 is 0 Å². The van der Waals surface area contributed by atoms with Gasteiger partial charge in [0.05, 0.1) is 31.0 Å². The summed E-state index contributed by atoms with van der Waals surface area (Å²) in [5.74, 6) is 0.640. The van der Waals surface area contributed by atoms with Crippen LogP contribution in [0.4, 0.5) is 17.2 Å². The van der Waals surface area contributed by atoms with E-state index in [9.17, 15) is 4.79 Å². The van der Waals surface area contributed by atoms with Crippen LogP contribution in [0.2, 0.25) is 0 Å². The molecule has 1 aromatic heterocycles. The summed E-state index contributed by atoms with van der Waals surface area (Å²) in [6, 6.07) is 4.42. The molecule has 3 rings (SSSR count). The summed E-state index contributed by atoms with van der Waals surface area (Å²) in [7, 11) is 1.70. The highest BCUT2D eigenvalue weighted by Crippen LogP contribution is 2.37. The van der Waals surface area contributed by atoms with Crippen LogP contribution in [0.3, 0.4) is 0 Å². The van der Waals surface area contributed by atoms with Crippen LogP contribution < -0.4 is 21.3 Å². The second-order valence-corrected chi connectivity index (χ2v) is 8.40. The molecule has 162 valence electrons. The first-order chi connectivity index (χ1) is 14.3. The summed E-state index contributed by atoms with van der Waals surface area (Å²) >= 11 is 0. The maximum atomic E-state index is 12.9. The van der Waals surface area contributed by atoms with Crippen molar-refractivity contribution >= 4 is 23.8 Å². The molecule has 0 atom stereocenters. The Bertz CT molecular complexity index is 1090. The minimum atomic E-state index is -0.141. The number of aryl methyl sites for hydroxylation is 1. The van der Waals surface area contributed by atoms with Gasteiger partial charge < -0.3 is 9.38 Å². The second-order valence-electron chi connectivity index (χ2n) is 8.40. The van der Waals surface area contributed by atoms with E-state index in [-0.39, 0.29) is 5.56 Å². The lowest BCUT2D eigenvalue weighted by atomic mass is 10.0. The Labute approximate surface area is 179 Å². The van der Waals surface area contributed by atoms with E-state index in [2.05, 4.69) is 63.2 Å². The number of hydrogen-bond acceptors (Lipinski definition) is 4. The first-order valence-corrected chi connectivity index (χ1v) is 11.2. The zero-order valence-electron chi connectivity index (χ0n) is 19.5. The van der Waals surface area contributed by atoms with E-state index in [0.29, 0.717) is 16.7 Å². The van der Waals surface area contributed by atoms with E-state index in [1.165, 1.54) is 15.7 Å². The van der Waals surface area contributed by atoms with Gasteiger partial charge in [-0.25, -0.2) is 9.98 Å². The van der Waals surface area contributed by atoms with Gasteiger partial charge in [0.2, 0.25) is 0 Å². The second kappa shape index (κ2) is 8.72. The molecule has 0 aliphatic carbocycles. The molecule has 0 N–H and O–H groups in total. The van der Waals surface area contributed by atoms with E-state index >= 15 is 0 Å². The van der Waals surface area contributed by atoms with Crippen molar-refractivity contribution in [1.82, 2.24) is 9.55 Å². The van der Waals surface area contributed by atoms with Crippen molar-refractivity contribution in [3.8, 4) is 0 Å². The molecule has 0 saturated heterocycles. The van der Waals surface area contributed by atoms with Gasteiger partial charge >= 0.3 is 0 Å². The van der Waals surface area contributed by atoms with E-state index in [4.69, 9.17) is 4.99 Å². The molecule has 2 aromatic rings. The normalized spacial score (nSPS) is 13.1. The first kappa shape index (κ1) is 22.2. The molecule has 6 heteroatoms. The summed E-state index contributed by atoms with van der Waals surface area (Å²) < 4.78 is 2.53. The van der Waals surface area contributed by atoms with Gasteiger partial charge in [0, 0.05) is 19.2 Å². The number of hydrogen-bond donors (Lipinski definition) is 0. The zero-order valence-corrected chi connectivity index (χ0v) is 19.5. The van der Waals surface area contributed by atoms with Crippen molar-refractivity contribution in [2.75, 3.05) is 31.1 Å². The number of anilines is 2. The monoisotopic (exact) mass is 410 g/mol. The molecule has 0 bridgehead atoms. The quantitative estimate of drug-likeness (QED) is 0.629.